The Morgan fingerprint density at radius 2 is 1.06 bits per heavy atom. The van der Waals surface area contributed by atoms with Crippen molar-refractivity contribution in [1.82, 2.24) is 8.75 Å². The summed E-state index contributed by atoms with van der Waals surface area (Å²) in [6.07, 6.45) is 10.8. The monoisotopic (exact) mass is 914 g/mol. The van der Waals surface area contributed by atoms with Gasteiger partial charge in [0.2, 0.25) is 0 Å². The van der Waals surface area contributed by atoms with Crippen molar-refractivity contribution in [3.8, 4) is 59.3 Å². The molecular formula is C54H50N4O4S3. The molecule has 1 N–H and O–H groups in total. The molecule has 0 atom stereocenters. The fourth-order valence-corrected chi connectivity index (χ4v) is 10.4. The first-order valence-corrected chi connectivity index (χ1v) is 24.6. The van der Waals surface area contributed by atoms with E-state index in [-0.39, 0.29) is 5.57 Å². The Kier molecular flexibility index (Phi) is 15.1. The van der Waals surface area contributed by atoms with Gasteiger partial charge in [-0.2, -0.15) is 14.0 Å². The first kappa shape index (κ1) is 45.0. The first-order chi connectivity index (χ1) is 31.9. The van der Waals surface area contributed by atoms with Gasteiger partial charge in [0.05, 0.1) is 24.9 Å². The number of aromatic nitrogens is 2. The number of nitriles is 1. The van der Waals surface area contributed by atoms with Crippen LogP contribution in [0, 0.1) is 11.3 Å². The van der Waals surface area contributed by atoms with Crippen LogP contribution in [-0.2, 0) is 4.79 Å². The molecule has 65 heavy (non-hydrogen) atoms. The number of carboxylic acid groups (broad SMARTS) is 1. The number of thiophene rings is 2. The van der Waals surface area contributed by atoms with Crippen molar-refractivity contribution in [2.75, 3.05) is 18.1 Å². The molecule has 0 fully saturated rings. The molecule has 328 valence electrons. The Morgan fingerprint density at radius 1 is 0.585 bits per heavy atom. The molecule has 8 aromatic rings. The zero-order chi connectivity index (χ0) is 45.0. The van der Waals surface area contributed by atoms with E-state index in [1.807, 2.05) is 12.1 Å². The fraction of sp³-hybridized carbons (Fsp3) is 0.222. The summed E-state index contributed by atoms with van der Waals surface area (Å²) < 4.78 is 21.6. The molecule has 8 nitrogen and oxygen atoms in total. The normalized spacial score (nSPS) is 11.4. The van der Waals surface area contributed by atoms with Crippen molar-refractivity contribution in [1.29, 1.82) is 5.26 Å². The predicted molar refractivity (Wildman–Crippen MR) is 270 cm³/mol. The third-order valence-electron chi connectivity index (χ3n) is 11.2. The van der Waals surface area contributed by atoms with E-state index in [1.165, 1.54) is 71.0 Å². The fourth-order valence-electron chi connectivity index (χ4n) is 7.65. The first-order valence-electron chi connectivity index (χ1n) is 22.2. The lowest BCUT2D eigenvalue weighted by molar-refractivity contribution is -0.132. The van der Waals surface area contributed by atoms with Crippen LogP contribution in [0.4, 0.5) is 17.1 Å². The Labute approximate surface area is 393 Å². The second-order valence-corrected chi connectivity index (χ2v) is 18.4. The highest BCUT2D eigenvalue weighted by Crippen LogP contribution is 2.44. The van der Waals surface area contributed by atoms with Gasteiger partial charge in [-0.15, -0.1) is 22.7 Å². The molecule has 0 radical (unpaired) electrons. The number of anilines is 3. The molecule has 0 unspecified atom stereocenters. The number of hydrogen-bond acceptors (Lipinski definition) is 10. The molecular weight excluding hydrogens is 865 g/mol. The topological polar surface area (TPSA) is 109 Å². The van der Waals surface area contributed by atoms with Crippen LogP contribution < -0.4 is 14.4 Å². The lowest BCUT2D eigenvalue weighted by Crippen LogP contribution is -2.10. The van der Waals surface area contributed by atoms with Gasteiger partial charge in [-0.3, -0.25) is 0 Å². The summed E-state index contributed by atoms with van der Waals surface area (Å²) in [5, 5.41) is 18.4. The van der Waals surface area contributed by atoms with Gasteiger partial charge < -0.3 is 19.5 Å². The number of ether oxygens (including phenoxy) is 2. The zero-order valence-electron chi connectivity index (χ0n) is 36.5. The van der Waals surface area contributed by atoms with Gasteiger partial charge in [-0.25, -0.2) is 4.79 Å². The van der Waals surface area contributed by atoms with E-state index >= 15 is 0 Å². The van der Waals surface area contributed by atoms with E-state index in [2.05, 4.69) is 132 Å². The number of unbranched alkanes of at least 4 members (excludes halogenated alkanes) is 6. The van der Waals surface area contributed by atoms with E-state index in [1.54, 1.807) is 40.9 Å². The molecule has 0 saturated heterocycles. The van der Waals surface area contributed by atoms with Crippen molar-refractivity contribution in [2.45, 2.75) is 65.2 Å². The van der Waals surface area contributed by atoms with Gasteiger partial charge in [0.15, 0.2) is 0 Å². The van der Waals surface area contributed by atoms with Gasteiger partial charge in [0.25, 0.3) is 0 Å². The van der Waals surface area contributed by atoms with Gasteiger partial charge >= 0.3 is 5.97 Å². The standard InChI is InChI=1S/C54H50N4O4S3/c1-3-5-7-9-33-61-44-23-19-42(20-24-44)58(43-21-25-45(26-22-43)62-34-10-8-6-4-2)41-17-15-39(16-18-41)48-29-31-50(63-48)51-32-30-49(64-51)47-28-27-46(52-53(47)57-65-56-52)38-13-11-37(12-14-38)35-40(36-55)54(59)60/h11-32,35H,3-10,33-34H2,1-2H3,(H,59,60)/b40-35-. The Bertz CT molecular complexity index is 2830. The van der Waals surface area contributed by atoms with E-state index in [0.717, 1.165) is 92.8 Å². The molecule has 3 aromatic heterocycles. The van der Waals surface area contributed by atoms with E-state index in [4.69, 9.17) is 19.1 Å². The van der Waals surface area contributed by atoms with Crippen molar-refractivity contribution in [3.63, 3.8) is 0 Å². The van der Waals surface area contributed by atoms with Crippen LogP contribution in [0.25, 0.3) is 58.9 Å². The Balaban J connectivity index is 0.992. The molecule has 0 saturated carbocycles. The highest BCUT2D eigenvalue weighted by molar-refractivity contribution is 7.25. The maximum Gasteiger partial charge on any atom is 0.346 e. The summed E-state index contributed by atoms with van der Waals surface area (Å²) in [4.78, 5) is 18.3. The van der Waals surface area contributed by atoms with Crippen LogP contribution in [0.3, 0.4) is 0 Å². The highest BCUT2D eigenvalue weighted by atomic mass is 32.1. The number of fused-ring (bicyclic) bond motifs is 1. The smallest absolute Gasteiger partial charge is 0.346 e. The second kappa shape index (κ2) is 21.9. The van der Waals surface area contributed by atoms with Crippen molar-refractivity contribution < 1.29 is 19.4 Å². The molecule has 0 amide bonds. The summed E-state index contributed by atoms with van der Waals surface area (Å²) in [5.74, 6) is 0.522. The molecule has 8 rings (SSSR count). The quantitative estimate of drug-likeness (QED) is 0.0431. The van der Waals surface area contributed by atoms with Crippen LogP contribution in [0.15, 0.2) is 139 Å². The summed E-state index contributed by atoms with van der Waals surface area (Å²) in [7, 11) is 0. The summed E-state index contributed by atoms with van der Waals surface area (Å²) in [5.41, 5.74) is 9.18. The minimum Gasteiger partial charge on any atom is -0.494 e. The van der Waals surface area contributed by atoms with E-state index in [9.17, 15) is 9.90 Å². The summed E-state index contributed by atoms with van der Waals surface area (Å²) in [6, 6.07) is 47.7. The molecule has 11 heteroatoms. The van der Waals surface area contributed by atoms with E-state index in [0.29, 0.717) is 5.56 Å². The summed E-state index contributed by atoms with van der Waals surface area (Å²) in [6.45, 7) is 5.91. The number of aliphatic carboxylic acids is 1. The number of nitrogens with zero attached hydrogens (tertiary/aromatic N) is 4. The predicted octanol–water partition coefficient (Wildman–Crippen LogP) is 15.9. The third kappa shape index (κ3) is 11.0. The van der Waals surface area contributed by atoms with Gasteiger partial charge in [-0.05, 0) is 121 Å². The van der Waals surface area contributed by atoms with Crippen LogP contribution in [0.5, 0.6) is 11.5 Å². The molecule has 5 aromatic carbocycles. The van der Waals surface area contributed by atoms with Crippen LogP contribution >= 0.6 is 34.4 Å². The average molecular weight is 915 g/mol. The number of benzene rings is 5. The lowest BCUT2D eigenvalue weighted by Gasteiger charge is -2.26. The molecule has 0 aliphatic heterocycles. The van der Waals surface area contributed by atoms with E-state index < -0.39 is 5.97 Å². The number of rotatable bonds is 21. The minimum atomic E-state index is -1.25. The molecule has 0 spiro atoms. The Hall–Kier alpha value is -6.58. The second-order valence-electron chi connectivity index (χ2n) is 15.7. The SMILES string of the molecule is CCCCCCOc1ccc(N(c2ccc(OCCCCCC)cc2)c2ccc(-c3ccc(-c4ccc(-c5ccc(-c6ccc(/C=C(/C#N)C(=O)O)cc6)c6nsnc56)s4)s3)cc2)cc1. The van der Waals surface area contributed by atoms with Crippen LogP contribution in [0.2, 0.25) is 0 Å². The molecule has 0 aliphatic rings. The van der Waals surface area contributed by atoms with Gasteiger partial charge in [0.1, 0.15) is 34.2 Å². The van der Waals surface area contributed by atoms with Crippen molar-refractivity contribution in [3.05, 3.63) is 145 Å². The van der Waals surface area contributed by atoms with Crippen LogP contribution in [-0.4, -0.2) is 33.0 Å². The Morgan fingerprint density at radius 3 is 1.60 bits per heavy atom. The number of carboxylic acids is 1. The highest BCUT2D eigenvalue weighted by Gasteiger charge is 2.18. The molecule has 3 heterocycles. The number of carbonyl (C=O) groups is 1. The molecule has 0 aliphatic carbocycles. The third-order valence-corrected chi connectivity index (χ3v) is 14.1. The average Bonchev–Trinajstić information content (AvgIpc) is 4.15. The largest absolute Gasteiger partial charge is 0.494 e. The maximum absolute atomic E-state index is 11.3. The molecule has 0 bridgehead atoms. The zero-order valence-corrected chi connectivity index (χ0v) is 39.0. The van der Waals surface area contributed by atoms with Crippen LogP contribution in [0.1, 0.15) is 70.8 Å². The van der Waals surface area contributed by atoms with Gasteiger partial charge in [0, 0.05) is 47.7 Å². The number of hydrogen-bond donors (Lipinski definition) is 1. The summed E-state index contributed by atoms with van der Waals surface area (Å²) >= 11 is 4.70. The van der Waals surface area contributed by atoms with Crippen molar-refractivity contribution >= 4 is 74.5 Å². The maximum atomic E-state index is 11.3. The van der Waals surface area contributed by atoms with Crippen molar-refractivity contribution in [2.24, 2.45) is 0 Å². The lowest BCUT2D eigenvalue weighted by atomic mass is 9.99. The van der Waals surface area contributed by atoms with Gasteiger partial charge in [-0.1, -0.05) is 101 Å². The minimum absolute atomic E-state index is 0.312.